The van der Waals surface area contributed by atoms with E-state index in [1.165, 1.54) is 18.2 Å². The molecule has 1 rings (SSSR count). The smallest absolute Gasteiger partial charge is 0.216 e. The number of para-hydroxylation sites is 1. The van der Waals surface area contributed by atoms with Crippen molar-refractivity contribution in [2.45, 2.75) is 0 Å². The van der Waals surface area contributed by atoms with Gasteiger partial charge in [0.1, 0.15) is 0 Å². The number of halogens is 1. The van der Waals surface area contributed by atoms with Gasteiger partial charge in [-0.15, -0.1) is 0 Å². The van der Waals surface area contributed by atoms with Crippen molar-refractivity contribution in [3.05, 3.63) is 18.2 Å². The van der Waals surface area contributed by atoms with Gasteiger partial charge in [-0.25, -0.2) is 0 Å². The van der Waals surface area contributed by atoms with Crippen LogP contribution in [0.2, 0.25) is 0 Å². The molecule has 0 amide bonds. The van der Waals surface area contributed by atoms with Crippen molar-refractivity contribution < 1.29 is 13.3 Å². The number of phenolic OH excluding ortho intramolecular Hbond substituents is 2. The van der Waals surface area contributed by atoms with E-state index in [0.717, 1.165) is 0 Å². The minimum absolute atomic E-state index is 0.0607. The van der Waals surface area contributed by atoms with Crippen LogP contribution in [0.4, 0.5) is 0 Å². The van der Waals surface area contributed by atoms with Gasteiger partial charge in [-0.1, -0.05) is 6.07 Å². The number of hydrogen-bond donors (Lipinski definition) is 2. The Bertz CT molecular complexity index is 216. The number of rotatable bonds is 1. The number of aromatic hydroxyl groups is 2. The third kappa shape index (κ3) is 1.26. The van der Waals surface area contributed by atoms with Crippen LogP contribution >= 0.6 is 23.0 Å². The first-order chi connectivity index (χ1) is 4.75. The molecular weight excluding hydrogens is 247 g/mol. The Morgan fingerprint density at radius 3 is 2.00 bits per heavy atom. The predicted octanol–water partition coefficient (Wildman–Crippen LogP) is 1.83. The Balaban J connectivity index is 3.17. The molecule has 0 heterocycles. The van der Waals surface area contributed by atoms with Crippen molar-refractivity contribution in [1.82, 2.24) is 0 Å². The van der Waals surface area contributed by atoms with Crippen LogP contribution in [-0.4, -0.2) is 10.2 Å². The lowest BCUT2D eigenvalue weighted by Crippen LogP contribution is -1.75. The van der Waals surface area contributed by atoms with Crippen LogP contribution in [0, 0.1) is 0 Å². The minimum atomic E-state index is -0.0607. The van der Waals surface area contributed by atoms with Crippen molar-refractivity contribution in [2.75, 3.05) is 0 Å². The molecule has 2 N–H and O–H groups in total. The molecule has 0 fully saturated rings. The van der Waals surface area contributed by atoms with Gasteiger partial charge in [-0.05, 0) is 12.1 Å². The second-order valence-electron chi connectivity index (χ2n) is 1.70. The molecule has 0 unspecified atom stereocenters. The molecule has 1 aromatic carbocycles. The van der Waals surface area contributed by atoms with E-state index in [1.54, 1.807) is 23.0 Å². The summed E-state index contributed by atoms with van der Waals surface area (Å²) in [6.45, 7) is 0. The van der Waals surface area contributed by atoms with Crippen LogP contribution in [0.1, 0.15) is 0 Å². The highest BCUT2D eigenvalue weighted by molar-refractivity contribution is 14.1. The summed E-state index contributed by atoms with van der Waals surface area (Å²) in [7, 11) is 0. The van der Waals surface area contributed by atoms with E-state index in [9.17, 15) is 0 Å². The molecule has 0 aliphatic carbocycles. The second-order valence-corrected chi connectivity index (χ2v) is 2.14. The van der Waals surface area contributed by atoms with Crippen molar-refractivity contribution >= 4 is 23.0 Å². The normalized spacial score (nSPS) is 9.30. The summed E-state index contributed by atoms with van der Waals surface area (Å²) in [5.41, 5.74) is 0. The lowest BCUT2D eigenvalue weighted by atomic mass is 10.3. The van der Waals surface area contributed by atoms with Crippen LogP contribution in [0.5, 0.6) is 17.2 Å². The van der Waals surface area contributed by atoms with Gasteiger partial charge in [-0.2, -0.15) is 0 Å². The second kappa shape index (κ2) is 2.96. The summed E-state index contributed by atoms with van der Waals surface area (Å²) >= 11 is 1.58. The van der Waals surface area contributed by atoms with Gasteiger partial charge in [0.15, 0.2) is 34.5 Å². The third-order valence-electron chi connectivity index (χ3n) is 1.05. The summed E-state index contributed by atoms with van der Waals surface area (Å²) in [6, 6.07) is 4.41. The molecule has 0 spiro atoms. The van der Waals surface area contributed by atoms with E-state index in [2.05, 4.69) is 3.07 Å². The maximum atomic E-state index is 9.00. The predicted molar refractivity (Wildman–Crippen MR) is 44.4 cm³/mol. The first kappa shape index (κ1) is 7.46. The van der Waals surface area contributed by atoms with Crippen LogP contribution in [0.3, 0.4) is 0 Å². The van der Waals surface area contributed by atoms with Crippen LogP contribution in [-0.2, 0) is 0 Å². The Kier molecular flexibility index (Phi) is 2.21. The zero-order valence-corrected chi connectivity index (χ0v) is 7.07. The van der Waals surface area contributed by atoms with Gasteiger partial charge >= 0.3 is 0 Å². The molecule has 0 bridgehead atoms. The molecule has 10 heavy (non-hydrogen) atoms. The third-order valence-corrected chi connectivity index (χ3v) is 1.49. The van der Waals surface area contributed by atoms with E-state index < -0.39 is 0 Å². The number of hydrogen-bond acceptors (Lipinski definition) is 3. The summed E-state index contributed by atoms with van der Waals surface area (Å²) in [6.07, 6.45) is 0. The van der Waals surface area contributed by atoms with Crippen molar-refractivity contribution in [1.29, 1.82) is 0 Å². The zero-order chi connectivity index (χ0) is 7.56. The lowest BCUT2D eigenvalue weighted by molar-refractivity contribution is 0.422. The molecule has 0 aliphatic rings. The fourth-order valence-electron chi connectivity index (χ4n) is 0.592. The quantitative estimate of drug-likeness (QED) is 0.749. The molecule has 1 aromatic rings. The molecule has 54 valence electrons. The van der Waals surface area contributed by atoms with Crippen molar-refractivity contribution in [2.24, 2.45) is 0 Å². The number of phenols is 2. The summed E-state index contributed by atoms with van der Waals surface area (Å²) in [5, 5.41) is 18.0. The highest BCUT2D eigenvalue weighted by Crippen LogP contribution is 2.35. The zero-order valence-electron chi connectivity index (χ0n) is 4.91. The van der Waals surface area contributed by atoms with E-state index in [4.69, 9.17) is 10.2 Å². The average Bonchev–Trinajstić information content (AvgIpc) is 1.88. The molecule has 0 aliphatic heterocycles. The first-order valence-corrected chi connectivity index (χ1v) is 3.43. The SMILES string of the molecule is Oc1cccc(O)c1OI. The molecule has 0 atom stereocenters. The highest BCUT2D eigenvalue weighted by Gasteiger charge is 2.05. The van der Waals surface area contributed by atoms with Crippen molar-refractivity contribution in [3.8, 4) is 17.2 Å². The Labute approximate surface area is 71.9 Å². The fraction of sp³-hybridized carbons (Fsp3) is 0. The maximum Gasteiger partial charge on any atom is 0.216 e. The standard InChI is InChI=1S/C6H5IO3/c7-10-6-4(8)2-1-3-5(6)9/h1-3,8-9H. The minimum Gasteiger partial charge on any atom is -0.504 e. The molecule has 0 saturated heterocycles. The summed E-state index contributed by atoms with van der Waals surface area (Å²) in [5.74, 6) is -0.0214. The largest absolute Gasteiger partial charge is 0.504 e. The maximum absolute atomic E-state index is 9.00. The van der Waals surface area contributed by atoms with E-state index >= 15 is 0 Å². The molecule has 0 radical (unpaired) electrons. The van der Waals surface area contributed by atoms with Gasteiger partial charge in [-0.3, -0.25) is 0 Å². The van der Waals surface area contributed by atoms with Gasteiger partial charge < -0.3 is 13.3 Å². The van der Waals surface area contributed by atoms with E-state index in [1.807, 2.05) is 0 Å². The van der Waals surface area contributed by atoms with E-state index in [0.29, 0.717) is 0 Å². The van der Waals surface area contributed by atoms with Gasteiger partial charge in [0.2, 0.25) is 5.75 Å². The summed E-state index contributed by atoms with van der Waals surface area (Å²) in [4.78, 5) is 0. The molecule has 0 aromatic heterocycles. The Hall–Kier alpha value is -0.650. The topological polar surface area (TPSA) is 49.7 Å². The molecule has 4 heteroatoms. The highest BCUT2D eigenvalue weighted by atomic mass is 127. The van der Waals surface area contributed by atoms with Gasteiger partial charge in [0.05, 0.1) is 0 Å². The molecule has 3 nitrogen and oxygen atoms in total. The van der Waals surface area contributed by atoms with Crippen LogP contribution in [0.25, 0.3) is 0 Å². The van der Waals surface area contributed by atoms with Crippen LogP contribution < -0.4 is 3.07 Å². The van der Waals surface area contributed by atoms with Crippen LogP contribution in [0.15, 0.2) is 18.2 Å². The Morgan fingerprint density at radius 1 is 1.20 bits per heavy atom. The average molecular weight is 252 g/mol. The van der Waals surface area contributed by atoms with Gasteiger partial charge in [0, 0.05) is 0 Å². The Morgan fingerprint density at radius 2 is 1.70 bits per heavy atom. The molecule has 0 saturated carbocycles. The number of benzene rings is 1. The monoisotopic (exact) mass is 252 g/mol. The lowest BCUT2D eigenvalue weighted by Gasteiger charge is -2.01. The van der Waals surface area contributed by atoms with Gasteiger partial charge in [0.25, 0.3) is 0 Å². The summed E-state index contributed by atoms with van der Waals surface area (Å²) < 4.78 is 4.65. The van der Waals surface area contributed by atoms with E-state index in [-0.39, 0.29) is 17.2 Å². The molecular formula is C6H5IO3. The fourth-order valence-corrected chi connectivity index (χ4v) is 1.04. The first-order valence-electron chi connectivity index (χ1n) is 2.55. The van der Waals surface area contributed by atoms with Crippen molar-refractivity contribution in [3.63, 3.8) is 0 Å².